The molecule has 0 aliphatic heterocycles. The second kappa shape index (κ2) is 4.72. The van der Waals surface area contributed by atoms with Gasteiger partial charge in [-0.05, 0) is 67.6 Å². The lowest BCUT2D eigenvalue weighted by atomic mass is 9.40. The van der Waals surface area contributed by atoms with Crippen molar-refractivity contribution in [3.8, 4) is 0 Å². The lowest BCUT2D eigenvalue weighted by Crippen LogP contribution is -2.56. The minimum absolute atomic E-state index is 0.239. The normalized spacial score (nSPS) is 47.3. The highest BCUT2D eigenvalue weighted by atomic mass is 79.9. The number of halogens is 1. The molecule has 0 aromatic rings. The molecule has 3 atom stereocenters. The molecule has 3 heteroatoms. The quantitative estimate of drug-likeness (QED) is 0.760. The highest BCUT2D eigenvalue weighted by Gasteiger charge is 2.60. The maximum atomic E-state index is 12.4. The number of carbonyl (C=O) groups is 1. The average molecular weight is 342 g/mol. The number of hydrogen-bond donors (Lipinski definition) is 1. The third kappa shape index (κ3) is 2.67. The first-order valence-corrected chi connectivity index (χ1v) is 9.23. The molecule has 0 aromatic heterocycles. The molecule has 4 saturated carbocycles. The van der Waals surface area contributed by atoms with Crippen molar-refractivity contribution >= 4 is 21.8 Å². The SMILES string of the molecule is CC(CBr)NC(=O)CC12CC3CC(C)(CC(C)(C3)C1)C2. The van der Waals surface area contributed by atoms with Gasteiger partial charge in [-0.2, -0.15) is 0 Å². The molecule has 2 nitrogen and oxygen atoms in total. The molecule has 4 fully saturated rings. The monoisotopic (exact) mass is 341 g/mol. The molecule has 4 aliphatic rings. The summed E-state index contributed by atoms with van der Waals surface area (Å²) >= 11 is 3.44. The van der Waals surface area contributed by atoms with Crippen molar-refractivity contribution in [2.75, 3.05) is 5.33 Å². The van der Waals surface area contributed by atoms with E-state index in [9.17, 15) is 4.79 Å². The van der Waals surface area contributed by atoms with Gasteiger partial charge in [0, 0.05) is 17.8 Å². The topological polar surface area (TPSA) is 29.1 Å². The van der Waals surface area contributed by atoms with E-state index in [0.717, 1.165) is 17.7 Å². The second-order valence-corrected chi connectivity index (χ2v) is 9.58. The van der Waals surface area contributed by atoms with E-state index in [1.807, 2.05) is 0 Å². The molecule has 4 bridgehead atoms. The van der Waals surface area contributed by atoms with E-state index >= 15 is 0 Å². The first kappa shape index (κ1) is 14.9. The van der Waals surface area contributed by atoms with Gasteiger partial charge in [0.15, 0.2) is 0 Å². The first-order valence-electron chi connectivity index (χ1n) is 8.11. The molecule has 0 radical (unpaired) electrons. The fourth-order valence-corrected chi connectivity index (χ4v) is 6.75. The number of hydrogen-bond acceptors (Lipinski definition) is 1. The average Bonchev–Trinajstić information content (AvgIpc) is 2.22. The summed E-state index contributed by atoms with van der Waals surface area (Å²) < 4.78 is 0. The van der Waals surface area contributed by atoms with Crippen LogP contribution in [-0.2, 0) is 4.79 Å². The summed E-state index contributed by atoms with van der Waals surface area (Å²) in [4.78, 5) is 12.4. The largest absolute Gasteiger partial charge is 0.353 e. The molecule has 0 spiro atoms. The van der Waals surface area contributed by atoms with Gasteiger partial charge in [-0.25, -0.2) is 0 Å². The standard InChI is InChI=1S/C17H28BrNO/c1-12(8-18)19-14(20)7-17-6-13-4-15(2,10-17)9-16(3,5-13)11-17/h12-13H,4-11H2,1-3H3,(H,19,20). The minimum atomic E-state index is 0.239. The van der Waals surface area contributed by atoms with Crippen molar-refractivity contribution in [3.63, 3.8) is 0 Å². The zero-order valence-corrected chi connectivity index (χ0v) is 14.7. The first-order chi connectivity index (χ1) is 9.26. The number of amides is 1. The van der Waals surface area contributed by atoms with E-state index in [1.54, 1.807) is 0 Å². The van der Waals surface area contributed by atoms with Crippen LogP contribution < -0.4 is 5.32 Å². The van der Waals surface area contributed by atoms with Crippen LogP contribution in [0.5, 0.6) is 0 Å². The van der Waals surface area contributed by atoms with Crippen LogP contribution in [0.1, 0.15) is 65.7 Å². The summed E-state index contributed by atoms with van der Waals surface area (Å²) in [7, 11) is 0. The van der Waals surface area contributed by atoms with Crippen LogP contribution in [0, 0.1) is 22.2 Å². The minimum Gasteiger partial charge on any atom is -0.353 e. The van der Waals surface area contributed by atoms with Gasteiger partial charge in [-0.3, -0.25) is 4.79 Å². The molecule has 1 amide bonds. The fourth-order valence-electron chi connectivity index (χ4n) is 6.59. The number of nitrogens with one attached hydrogen (secondary N) is 1. The maximum absolute atomic E-state index is 12.4. The van der Waals surface area contributed by atoms with Gasteiger partial charge < -0.3 is 5.32 Å². The molecule has 0 heterocycles. The lowest BCUT2D eigenvalue weighted by molar-refractivity contribution is -0.156. The molecule has 114 valence electrons. The van der Waals surface area contributed by atoms with E-state index in [-0.39, 0.29) is 11.9 Å². The van der Waals surface area contributed by atoms with Crippen LogP contribution in [0.4, 0.5) is 0 Å². The Morgan fingerprint density at radius 1 is 1.20 bits per heavy atom. The molecular weight excluding hydrogens is 314 g/mol. The molecule has 0 saturated heterocycles. The van der Waals surface area contributed by atoms with E-state index < -0.39 is 0 Å². The maximum Gasteiger partial charge on any atom is 0.220 e. The zero-order chi connectivity index (χ0) is 14.6. The van der Waals surface area contributed by atoms with Crippen LogP contribution in [-0.4, -0.2) is 17.3 Å². The Bertz CT molecular complexity index is 403. The summed E-state index contributed by atoms with van der Waals surface area (Å²) in [5, 5.41) is 3.98. The van der Waals surface area contributed by atoms with Gasteiger partial charge in [0.2, 0.25) is 5.91 Å². The fraction of sp³-hybridized carbons (Fsp3) is 0.941. The van der Waals surface area contributed by atoms with Gasteiger partial charge >= 0.3 is 0 Å². The Balaban J connectivity index is 1.74. The van der Waals surface area contributed by atoms with E-state index in [1.165, 1.54) is 38.5 Å². The number of alkyl halides is 1. The zero-order valence-electron chi connectivity index (χ0n) is 13.1. The van der Waals surface area contributed by atoms with Crippen molar-refractivity contribution in [1.82, 2.24) is 5.32 Å². The van der Waals surface area contributed by atoms with Crippen molar-refractivity contribution in [2.45, 2.75) is 71.8 Å². The van der Waals surface area contributed by atoms with E-state index in [2.05, 4.69) is 42.0 Å². The summed E-state index contributed by atoms with van der Waals surface area (Å²) in [6.45, 7) is 7.02. The van der Waals surface area contributed by atoms with Gasteiger partial charge in [-0.15, -0.1) is 0 Å². The van der Waals surface area contributed by atoms with Crippen molar-refractivity contribution in [1.29, 1.82) is 0 Å². The Morgan fingerprint density at radius 2 is 1.80 bits per heavy atom. The van der Waals surface area contributed by atoms with Gasteiger partial charge in [0.1, 0.15) is 0 Å². The second-order valence-electron chi connectivity index (χ2n) is 8.93. The van der Waals surface area contributed by atoms with Crippen LogP contribution in [0.25, 0.3) is 0 Å². The number of rotatable bonds is 4. The Morgan fingerprint density at radius 3 is 2.30 bits per heavy atom. The van der Waals surface area contributed by atoms with E-state index in [0.29, 0.717) is 16.2 Å². The summed E-state index contributed by atoms with van der Waals surface area (Å²) in [5.41, 5.74) is 1.32. The predicted octanol–water partition coefficient (Wildman–Crippen LogP) is 4.27. The van der Waals surface area contributed by atoms with Crippen molar-refractivity contribution < 1.29 is 4.79 Å². The predicted molar refractivity (Wildman–Crippen MR) is 85.9 cm³/mol. The van der Waals surface area contributed by atoms with Crippen LogP contribution in [0.2, 0.25) is 0 Å². The van der Waals surface area contributed by atoms with Crippen molar-refractivity contribution in [2.24, 2.45) is 22.2 Å². The molecule has 1 N–H and O–H groups in total. The van der Waals surface area contributed by atoms with Crippen molar-refractivity contribution in [3.05, 3.63) is 0 Å². The third-order valence-electron chi connectivity index (χ3n) is 5.92. The Kier molecular flexibility index (Phi) is 3.51. The molecular formula is C17H28BrNO. The number of carbonyl (C=O) groups excluding carboxylic acids is 1. The molecule has 4 rings (SSSR count). The Labute approximate surface area is 131 Å². The van der Waals surface area contributed by atoms with Crippen LogP contribution >= 0.6 is 15.9 Å². The molecule has 20 heavy (non-hydrogen) atoms. The third-order valence-corrected chi connectivity index (χ3v) is 6.89. The summed E-state index contributed by atoms with van der Waals surface area (Å²) in [6.07, 6.45) is 8.82. The highest BCUT2D eigenvalue weighted by molar-refractivity contribution is 9.09. The summed E-state index contributed by atoms with van der Waals surface area (Å²) in [6, 6.07) is 0.239. The molecule has 0 aromatic carbocycles. The van der Waals surface area contributed by atoms with Crippen LogP contribution in [0.3, 0.4) is 0 Å². The molecule has 4 aliphatic carbocycles. The smallest absolute Gasteiger partial charge is 0.220 e. The summed E-state index contributed by atoms with van der Waals surface area (Å²) in [5.74, 6) is 1.15. The van der Waals surface area contributed by atoms with Gasteiger partial charge in [0.05, 0.1) is 0 Å². The van der Waals surface area contributed by atoms with Gasteiger partial charge in [-0.1, -0.05) is 29.8 Å². The molecule has 3 unspecified atom stereocenters. The van der Waals surface area contributed by atoms with Gasteiger partial charge in [0.25, 0.3) is 0 Å². The highest BCUT2D eigenvalue weighted by Crippen LogP contribution is 2.70. The van der Waals surface area contributed by atoms with E-state index in [4.69, 9.17) is 0 Å². The Hall–Kier alpha value is -0.0500. The lowest BCUT2D eigenvalue weighted by Gasteiger charge is -2.65. The van der Waals surface area contributed by atoms with Crippen LogP contribution in [0.15, 0.2) is 0 Å².